The lowest BCUT2D eigenvalue weighted by Crippen LogP contribution is -2.07. The minimum atomic E-state index is -0.708. The van der Waals surface area contributed by atoms with Gasteiger partial charge in [-0.2, -0.15) is 0 Å². The maximum Gasteiger partial charge on any atom is 0.303 e. The Bertz CT molecular complexity index is 401. The van der Waals surface area contributed by atoms with Crippen LogP contribution in [-0.2, 0) is 24.3 Å². The Morgan fingerprint density at radius 3 is 2.88 bits per heavy atom. The highest BCUT2D eigenvalue weighted by atomic mass is 16.4. The van der Waals surface area contributed by atoms with Crippen LogP contribution in [0.5, 0.6) is 0 Å². The Balaban J connectivity index is 1.97. The molecular weight excluding hydrogens is 202 g/mol. The first-order valence-corrected chi connectivity index (χ1v) is 5.66. The lowest BCUT2D eigenvalue weighted by atomic mass is 10.0. The number of fused-ring (bicyclic) bond motifs is 1. The predicted molar refractivity (Wildman–Crippen MR) is 62.2 cm³/mol. The zero-order chi connectivity index (χ0) is 11.5. The normalized spacial score (nSPS) is 15.1. The summed E-state index contributed by atoms with van der Waals surface area (Å²) in [6.45, 7) is 2.05. The molecule has 0 aromatic heterocycles. The number of hydrogen-bond donors (Lipinski definition) is 1. The van der Waals surface area contributed by atoms with Crippen LogP contribution in [0.2, 0.25) is 0 Å². The van der Waals surface area contributed by atoms with Gasteiger partial charge >= 0.3 is 5.97 Å². The molecule has 0 radical (unpaired) electrons. The van der Waals surface area contributed by atoms with E-state index in [1.807, 2.05) is 0 Å². The van der Waals surface area contributed by atoms with Crippen LogP contribution >= 0.6 is 0 Å². The summed E-state index contributed by atoms with van der Waals surface area (Å²) in [5, 5.41) is 8.57. The van der Waals surface area contributed by atoms with Gasteiger partial charge in [0, 0.05) is 19.5 Å². The fraction of sp³-hybridized carbons (Fsp3) is 0.462. The number of carboxylic acids is 1. The summed E-state index contributed by atoms with van der Waals surface area (Å²) in [5.41, 5.74) is 4.06. The van der Waals surface area contributed by atoms with E-state index in [0.29, 0.717) is 0 Å². The third-order valence-corrected chi connectivity index (χ3v) is 3.01. The Morgan fingerprint density at radius 2 is 2.12 bits per heavy atom. The molecule has 0 saturated carbocycles. The molecule has 1 aromatic rings. The van der Waals surface area contributed by atoms with Crippen LogP contribution in [0.1, 0.15) is 29.5 Å². The van der Waals surface area contributed by atoms with Crippen molar-refractivity contribution in [3.8, 4) is 0 Å². The average molecular weight is 219 g/mol. The number of aliphatic carboxylic acids is 1. The topological polar surface area (TPSA) is 40.5 Å². The molecule has 0 bridgehead atoms. The van der Waals surface area contributed by atoms with Gasteiger partial charge in [0.05, 0.1) is 0 Å². The number of benzene rings is 1. The zero-order valence-corrected chi connectivity index (χ0v) is 9.57. The Kier molecular flexibility index (Phi) is 3.25. The SMILES string of the molecule is CN1Cc2ccc(CCCC(=O)O)cc2C1. The molecule has 3 heteroatoms. The molecule has 0 amide bonds. The van der Waals surface area contributed by atoms with E-state index < -0.39 is 5.97 Å². The number of aryl methyl sites for hydroxylation is 1. The molecule has 16 heavy (non-hydrogen) atoms. The highest BCUT2D eigenvalue weighted by Crippen LogP contribution is 2.22. The van der Waals surface area contributed by atoms with Crippen LogP contribution in [0.3, 0.4) is 0 Å². The zero-order valence-electron chi connectivity index (χ0n) is 9.57. The molecule has 0 unspecified atom stereocenters. The summed E-state index contributed by atoms with van der Waals surface area (Å²) in [4.78, 5) is 12.7. The molecule has 86 valence electrons. The Hall–Kier alpha value is -1.35. The standard InChI is InChI=1S/C13H17NO2/c1-14-8-11-6-5-10(7-12(11)9-14)3-2-4-13(15)16/h5-7H,2-4,8-9H2,1H3,(H,15,16). The third kappa shape index (κ3) is 2.61. The van der Waals surface area contributed by atoms with Crippen molar-refractivity contribution in [3.63, 3.8) is 0 Å². The molecule has 1 heterocycles. The molecule has 0 fully saturated rings. The second kappa shape index (κ2) is 4.66. The molecule has 1 N–H and O–H groups in total. The summed E-state index contributed by atoms with van der Waals surface area (Å²) in [6.07, 6.45) is 1.85. The van der Waals surface area contributed by atoms with Crippen molar-refractivity contribution in [2.75, 3.05) is 7.05 Å². The fourth-order valence-corrected chi connectivity index (χ4v) is 2.22. The third-order valence-electron chi connectivity index (χ3n) is 3.01. The first-order valence-electron chi connectivity index (χ1n) is 5.66. The van der Waals surface area contributed by atoms with Crippen molar-refractivity contribution < 1.29 is 9.90 Å². The van der Waals surface area contributed by atoms with Gasteiger partial charge in [-0.3, -0.25) is 9.69 Å². The molecule has 0 spiro atoms. The largest absolute Gasteiger partial charge is 0.481 e. The number of rotatable bonds is 4. The van der Waals surface area contributed by atoms with E-state index in [0.717, 1.165) is 25.9 Å². The number of hydrogen-bond acceptors (Lipinski definition) is 2. The van der Waals surface area contributed by atoms with Crippen molar-refractivity contribution in [3.05, 3.63) is 34.9 Å². The van der Waals surface area contributed by atoms with Gasteiger partial charge in [-0.15, -0.1) is 0 Å². The van der Waals surface area contributed by atoms with Crippen LogP contribution in [0, 0.1) is 0 Å². The molecule has 0 saturated heterocycles. The smallest absolute Gasteiger partial charge is 0.303 e. The minimum Gasteiger partial charge on any atom is -0.481 e. The number of nitrogens with zero attached hydrogens (tertiary/aromatic N) is 1. The molecule has 1 aromatic carbocycles. The van der Waals surface area contributed by atoms with Gasteiger partial charge in [-0.25, -0.2) is 0 Å². The maximum atomic E-state index is 10.4. The lowest BCUT2D eigenvalue weighted by Gasteiger charge is -2.03. The lowest BCUT2D eigenvalue weighted by molar-refractivity contribution is -0.137. The second-order valence-electron chi connectivity index (χ2n) is 4.52. The van der Waals surface area contributed by atoms with Gasteiger partial charge in [0.1, 0.15) is 0 Å². The highest BCUT2D eigenvalue weighted by molar-refractivity contribution is 5.66. The van der Waals surface area contributed by atoms with E-state index in [2.05, 4.69) is 30.1 Å². The number of carboxylic acid groups (broad SMARTS) is 1. The monoisotopic (exact) mass is 219 g/mol. The fourth-order valence-electron chi connectivity index (χ4n) is 2.22. The van der Waals surface area contributed by atoms with Crippen molar-refractivity contribution in [1.82, 2.24) is 4.90 Å². The molecule has 1 aliphatic rings. The van der Waals surface area contributed by atoms with E-state index >= 15 is 0 Å². The van der Waals surface area contributed by atoms with Crippen LogP contribution in [0.4, 0.5) is 0 Å². The van der Waals surface area contributed by atoms with E-state index in [4.69, 9.17) is 5.11 Å². The molecular formula is C13H17NO2. The molecule has 0 aliphatic carbocycles. The first-order chi connectivity index (χ1) is 7.65. The predicted octanol–water partition coefficient (Wildman–Crippen LogP) is 2.04. The molecule has 3 nitrogen and oxygen atoms in total. The second-order valence-corrected chi connectivity index (χ2v) is 4.52. The van der Waals surface area contributed by atoms with Crippen molar-refractivity contribution in [1.29, 1.82) is 0 Å². The minimum absolute atomic E-state index is 0.261. The summed E-state index contributed by atoms with van der Waals surface area (Å²) in [7, 11) is 2.12. The van der Waals surface area contributed by atoms with Crippen LogP contribution < -0.4 is 0 Å². The molecule has 2 rings (SSSR count). The van der Waals surface area contributed by atoms with Gasteiger partial charge in [-0.05, 0) is 36.6 Å². The van der Waals surface area contributed by atoms with Crippen molar-refractivity contribution in [2.45, 2.75) is 32.4 Å². The van der Waals surface area contributed by atoms with Crippen LogP contribution in [0.15, 0.2) is 18.2 Å². The van der Waals surface area contributed by atoms with Gasteiger partial charge in [0.15, 0.2) is 0 Å². The summed E-state index contributed by atoms with van der Waals surface area (Å²) in [5.74, 6) is -0.708. The summed E-state index contributed by atoms with van der Waals surface area (Å²) in [6, 6.07) is 6.52. The van der Waals surface area contributed by atoms with Gasteiger partial charge in [0.2, 0.25) is 0 Å². The van der Waals surface area contributed by atoms with E-state index in [-0.39, 0.29) is 6.42 Å². The average Bonchev–Trinajstić information content (AvgIpc) is 2.56. The van der Waals surface area contributed by atoms with Gasteiger partial charge < -0.3 is 5.11 Å². The van der Waals surface area contributed by atoms with E-state index in [9.17, 15) is 4.79 Å². The van der Waals surface area contributed by atoms with Crippen molar-refractivity contribution in [2.24, 2.45) is 0 Å². The maximum absolute atomic E-state index is 10.4. The highest BCUT2D eigenvalue weighted by Gasteiger charge is 2.15. The molecule has 1 aliphatic heterocycles. The number of carbonyl (C=O) groups is 1. The Labute approximate surface area is 95.7 Å². The van der Waals surface area contributed by atoms with Gasteiger partial charge in [-0.1, -0.05) is 18.2 Å². The van der Waals surface area contributed by atoms with E-state index in [1.54, 1.807) is 0 Å². The van der Waals surface area contributed by atoms with Crippen molar-refractivity contribution >= 4 is 5.97 Å². The van der Waals surface area contributed by atoms with E-state index in [1.165, 1.54) is 16.7 Å². The van der Waals surface area contributed by atoms with Gasteiger partial charge in [0.25, 0.3) is 0 Å². The molecule has 0 atom stereocenters. The summed E-state index contributed by atoms with van der Waals surface area (Å²) >= 11 is 0. The van der Waals surface area contributed by atoms with Crippen LogP contribution in [0.25, 0.3) is 0 Å². The van der Waals surface area contributed by atoms with Crippen LogP contribution in [-0.4, -0.2) is 23.0 Å². The quantitative estimate of drug-likeness (QED) is 0.842. The first kappa shape index (κ1) is 11.1. The summed E-state index contributed by atoms with van der Waals surface area (Å²) < 4.78 is 0. The Morgan fingerprint density at radius 1 is 1.38 bits per heavy atom.